The Hall–Kier alpha value is -1.36. The van der Waals surface area contributed by atoms with E-state index in [2.05, 4.69) is 15.3 Å². The molecule has 16 heavy (non-hydrogen) atoms. The summed E-state index contributed by atoms with van der Waals surface area (Å²) in [4.78, 5) is 8.11. The fraction of sp³-hybridized carbons (Fsp3) is 0.636. The number of nitrogens with zero attached hydrogens (tertiary/aromatic N) is 2. The van der Waals surface area contributed by atoms with Gasteiger partial charge in [-0.15, -0.1) is 0 Å². The Balaban J connectivity index is 2.00. The van der Waals surface area contributed by atoms with Crippen molar-refractivity contribution in [2.75, 3.05) is 11.1 Å². The molecule has 0 bridgehead atoms. The van der Waals surface area contributed by atoms with Crippen molar-refractivity contribution in [1.29, 1.82) is 0 Å². The van der Waals surface area contributed by atoms with Crippen LogP contribution in [0, 0.1) is 6.92 Å². The number of aromatic nitrogens is 2. The molecule has 0 unspecified atom stereocenters. The number of rotatable bonds is 2. The lowest BCUT2D eigenvalue weighted by atomic mass is 9.93. The van der Waals surface area contributed by atoms with E-state index in [0.717, 1.165) is 37.1 Å². The van der Waals surface area contributed by atoms with Crippen molar-refractivity contribution in [3.05, 3.63) is 11.8 Å². The van der Waals surface area contributed by atoms with Crippen LogP contribution in [-0.2, 0) is 0 Å². The first-order chi connectivity index (χ1) is 7.65. The monoisotopic (exact) mass is 222 g/mol. The number of anilines is 2. The van der Waals surface area contributed by atoms with Crippen molar-refractivity contribution < 1.29 is 5.11 Å². The summed E-state index contributed by atoms with van der Waals surface area (Å²) >= 11 is 0. The molecule has 1 heterocycles. The van der Waals surface area contributed by atoms with E-state index in [1.807, 2.05) is 6.92 Å². The average Bonchev–Trinajstić information content (AvgIpc) is 2.27. The Kier molecular flexibility index (Phi) is 3.24. The van der Waals surface area contributed by atoms with Crippen LogP contribution in [0.15, 0.2) is 6.20 Å². The Morgan fingerprint density at radius 1 is 1.38 bits per heavy atom. The highest BCUT2D eigenvalue weighted by Gasteiger charge is 2.19. The number of nitrogens with one attached hydrogen (secondary N) is 1. The van der Waals surface area contributed by atoms with Crippen LogP contribution in [0.1, 0.15) is 31.2 Å². The van der Waals surface area contributed by atoms with Crippen LogP contribution in [0.5, 0.6) is 0 Å². The predicted octanol–water partition coefficient (Wildman–Crippen LogP) is 1.08. The first-order valence-electron chi connectivity index (χ1n) is 5.69. The van der Waals surface area contributed by atoms with Crippen LogP contribution in [0.4, 0.5) is 11.8 Å². The molecule has 1 aromatic heterocycles. The van der Waals surface area contributed by atoms with E-state index in [9.17, 15) is 5.11 Å². The fourth-order valence-electron chi connectivity index (χ4n) is 2.02. The SMILES string of the molecule is Cc1cnc(N)nc1NC1CCC(O)CC1. The normalized spacial score (nSPS) is 25.4. The van der Waals surface area contributed by atoms with Gasteiger partial charge in [0.2, 0.25) is 5.95 Å². The molecule has 0 radical (unpaired) electrons. The second-order valence-electron chi connectivity index (χ2n) is 4.41. The Bertz CT molecular complexity index is 361. The average molecular weight is 222 g/mol. The third-order valence-electron chi connectivity index (χ3n) is 3.03. The molecule has 4 N–H and O–H groups in total. The molecule has 1 saturated carbocycles. The summed E-state index contributed by atoms with van der Waals surface area (Å²) in [5.74, 6) is 1.11. The summed E-state index contributed by atoms with van der Waals surface area (Å²) in [5.41, 5.74) is 6.55. The van der Waals surface area contributed by atoms with E-state index >= 15 is 0 Å². The molecule has 5 heteroatoms. The van der Waals surface area contributed by atoms with Gasteiger partial charge in [-0.3, -0.25) is 0 Å². The molecule has 0 amide bonds. The van der Waals surface area contributed by atoms with Gasteiger partial charge in [0.25, 0.3) is 0 Å². The lowest BCUT2D eigenvalue weighted by molar-refractivity contribution is 0.126. The van der Waals surface area contributed by atoms with E-state index in [4.69, 9.17) is 5.73 Å². The van der Waals surface area contributed by atoms with Crippen LogP contribution < -0.4 is 11.1 Å². The van der Waals surface area contributed by atoms with Gasteiger partial charge in [-0.25, -0.2) is 4.98 Å². The number of nitrogens with two attached hydrogens (primary N) is 1. The zero-order valence-corrected chi connectivity index (χ0v) is 9.48. The Morgan fingerprint density at radius 3 is 2.75 bits per heavy atom. The maximum absolute atomic E-state index is 9.42. The maximum Gasteiger partial charge on any atom is 0.221 e. The predicted molar refractivity (Wildman–Crippen MR) is 63.1 cm³/mol. The molecule has 0 saturated heterocycles. The highest BCUT2D eigenvalue weighted by molar-refractivity contribution is 5.45. The van der Waals surface area contributed by atoms with Gasteiger partial charge in [0, 0.05) is 17.8 Å². The highest BCUT2D eigenvalue weighted by Crippen LogP contribution is 2.22. The molecule has 1 aromatic rings. The Labute approximate surface area is 95.1 Å². The lowest BCUT2D eigenvalue weighted by Gasteiger charge is -2.27. The quantitative estimate of drug-likeness (QED) is 0.697. The Morgan fingerprint density at radius 2 is 2.06 bits per heavy atom. The van der Waals surface area contributed by atoms with Gasteiger partial charge < -0.3 is 16.2 Å². The van der Waals surface area contributed by atoms with Crippen molar-refractivity contribution in [3.63, 3.8) is 0 Å². The molecule has 5 nitrogen and oxygen atoms in total. The molecular formula is C11H18N4O. The van der Waals surface area contributed by atoms with Crippen LogP contribution in [0.3, 0.4) is 0 Å². The molecule has 1 aliphatic rings. The number of aliphatic hydroxyl groups is 1. The van der Waals surface area contributed by atoms with Gasteiger partial charge in [-0.05, 0) is 32.6 Å². The van der Waals surface area contributed by atoms with Crippen LogP contribution >= 0.6 is 0 Å². The number of aliphatic hydroxyl groups excluding tert-OH is 1. The topological polar surface area (TPSA) is 84.1 Å². The minimum Gasteiger partial charge on any atom is -0.393 e. The molecule has 1 aliphatic carbocycles. The van der Waals surface area contributed by atoms with Gasteiger partial charge in [0.05, 0.1) is 6.10 Å². The summed E-state index contributed by atoms with van der Waals surface area (Å²) in [6, 6.07) is 0.386. The third kappa shape index (κ3) is 2.61. The van der Waals surface area contributed by atoms with Gasteiger partial charge in [-0.1, -0.05) is 0 Å². The number of hydrogen-bond donors (Lipinski definition) is 3. The third-order valence-corrected chi connectivity index (χ3v) is 3.03. The van der Waals surface area contributed by atoms with Crippen LogP contribution in [0.25, 0.3) is 0 Å². The summed E-state index contributed by atoms with van der Waals surface area (Å²) in [5, 5.41) is 12.8. The molecule has 0 aliphatic heterocycles. The van der Waals surface area contributed by atoms with Gasteiger partial charge in [-0.2, -0.15) is 4.98 Å². The van der Waals surface area contributed by atoms with Crippen molar-refractivity contribution in [2.45, 2.75) is 44.8 Å². The summed E-state index contributed by atoms with van der Waals surface area (Å²) < 4.78 is 0. The van der Waals surface area contributed by atoms with Crippen molar-refractivity contribution >= 4 is 11.8 Å². The zero-order chi connectivity index (χ0) is 11.5. The minimum absolute atomic E-state index is 0.130. The second kappa shape index (κ2) is 4.65. The van der Waals surface area contributed by atoms with Gasteiger partial charge in [0.1, 0.15) is 5.82 Å². The van der Waals surface area contributed by atoms with Gasteiger partial charge in [0.15, 0.2) is 0 Å². The van der Waals surface area contributed by atoms with E-state index in [1.165, 1.54) is 0 Å². The fourth-order valence-corrected chi connectivity index (χ4v) is 2.02. The molecule has 2 rings (SSSR count). The lowest BCUT2D eigenvalue weighted by Crippen LogP contribution is -2.29. The first kappa shape index (κ1) is 11.1. The van der Waals surface area contributed by atoms with Crippen molar-refractivity contribution in [1.82, 2.24) is 9.97 Å². The zero-order valence-electron chi connectivity index (χ0n) is 9.48. The van der Waals surface area contributed by atoms with Crippen LogP contribution in [-0.4, -0.2) is 27.2 Å². The standard InChI is InChI=1S/C11H18N4O/c1-7-6-13-11(12)15-10(7)14-8-2-4-9(16)5-3-8/h6,8-9,16H,2-5H2,1H3,(H3,12,13,14,15). The van der Waals surface area contributed by atoms with E-state index in [0.29, 0.717) is 12.0 Å². The van der Waals surface area contributed by atoms with Crippen LogP contribution in [0.2, 0.25) is 0 Å². The molecule has 1 fully saturated rings. The largest absolute Gasteiger partial charge is 0.393 e. The van der Waals surface area contributed by atoms with E-state index in [-0.39, 0.29) is 6.10 Å². The smallest absolute Gasteiger partial charge is 0.221 e. The molecule has 88 valence electrons. The summed E-state index contributed by atoms with van der Waals surface area (Å²) in [6.07, 6.45) is 5.26. The molecule has 0 spiro atoms. The maximum atomic E-state index is 9.42. The second-order valence-corrected chi connectivity index (χ2v) is 4.41. The minimum atomic E-state index is -0.130. The number of hydrogen-bond acceptors (Lipinski definition) is 5. The molecule has 0 atom stereocenters. The van der Waals surface area contributed by atoms with Gasteiger partial charge >= 0.3 is 0 Å². The number of nitrogen functional groups attached to an aromatic ring is 1. The number of aryl methyl sites for hydroxylation is 1. The summed E-state index contributed by atoms with van der Waals surface area (Å²) in [7, 11) is 0. The molecular weight excluding hydrogens is 204 g/mol. The van der Waals surface area contributed by atoms with Crippen molar-refractivity contribution in [2.24, 2.45) is 0 Å². The van der Waals surface area contributed by atoms with E-state index in [1.54, 1.807) is 6.20 Å². The summed E-state index contributed by atoms with van der Waals surface area (Å²) in [6.45, 7) is 1.96. The van der Waals surface area contributed by atoms with E-state index < -0.39 is 0 Å². The van der Waals surface area contributed by atoms with Crippen molar-refractivity contribution in [3.8, 4) is 0 Å². The first-order valence-corrected chi connectivity index (χ1v) is 5.69. The highest BCUT2D eigenvalue weighted by atomic mass is 16.3. The molecule has 0 aromatic carbocycles.